The summed E-state index contributed by atoms with van der Waals surface area (Å²) in [5.41, 5.74) is 1.72. The second-order valence-corrected chi connectivity index (χ2v) is 4.13. The van der Waals surface area contributed by atoms with Gasteiger partial charge in [0, 0.05) is 0 Å². The van der Waals surface area contributed by atoms with E-state index in [-0.39, 0.29) is 38.3 Å². The van der Waals surface area contributed by atoms with E-state index in [9.17, 15) is 19.8 Å². The van der Waals surface area contributed by atoms with Gasteiger partial charge in [-0.05, 0) is 23.3 Å². The number of hydrogen-bond acceptors (Lipinski definition) is 4. The third-order valence-electron chi connectivity index (χ3n) is 2.42. The average Bonchev–Trinajstić information content (AvgIpc) is 2.53. The van der Waals surface area contributed by atoms with E-state index in [1.165, 1.54) is 12.2 Å². The molecule has 0 aliphatic rings. The standard InChI is InChI=1S/2C9H8O2.Cd.2H2O/c2*10-9(11)7-6-8-4-2-1-3-5-8;;;/h2*1-7H,(H,10,11);;2*1H2/q;;+2;;/b2*7-6+;;;. The summed E-state index contributed by atoms with van der Waals surface area (Å²) in [6.45, 7) is 0. The quantitative estimate of drug-likeness (QED) is 0.340. The molecule has 0 atom stereocenters. The van der Waals surface area contributed by atoms with E-state index in [4.69, 9.17) is 0 Å². The van der Waals surface area contributed by atoms with Gasteiger partial charge in [0.25, 0.3) is 0 Å². The van der Waals surface area contributed by atoms with Gasteiger partial charge in [0.2, 0.25) is 0 Å². The third-order valence-corrected chi connectivity index (χ3v) is 2.42. The predicted molar refractivity (Wildman–Crippen MR) is 90.7 cm³/mol. The molecular formula is C18H20CdO6+2. The largest absolute Gasteiger partial charge is 2.00 e. The monoisotopic (exact) mass is 446 g/mol. The van der Waals surface area contributed by atoms with Crippen molar-refractivity contribution in [3.8, 4) is 0 Å². The summed E-state index contributed by atoms with van der Waals surface area (Å²) in [6.07, 6.45) is 5.01. The summed E-state index contributed by atoms with van der Waals surface area (Å²) < 4.78 is 0. The Morgan fingerprint density at radius 3 is 1.16 bits per heavy atom. The molecule has 0 bridgehead atoms. The van der Waals surface area contributed by atoms with Gasteiger partial charge >= 0.3 is 27.3 Å². The Labute approximate surface area is 165 Å². The minimum absolute atomic E-state index is 0. The summed E-state index contributed by atoms with van der Waals surface area (Å²) in [6, 6.07) is 18.4. The van der Waals surface area contributed by atoms with Crippen LogP contribution in [0, 0.1) is 0 Å². The van der Waals surface area contributed by atoms with E-state index >= 15 is 0 Å². The number of hydrogen-bond donors (Lipinski definition) is 0. The Hall–Kier alpha value is -2.30. The van der Waals surface area contributed by atoms with E-state index < -0.39 is 11.9 Å². The molecule has 0 saturated carbocycles. The molecule has 0 saturated heterocycles. The van der Waals surface area contributed by atoms with Crippen LogP contribution in [0.25, 0.3) is 12.2 Å². The Bertz CT molecular complexity index is 594. The zero-order valence-corrected chi connectivity index (χ0v) is 17.6. The molecule has 0 aromatic heterocycles. The molecule has 0 heterocycles. The number of carbonyl (C=O) groups excluding carboxylic acids is 2. The molecule has 0 unspecified atom stereocenters. The molecule has 0 aliphatic carbocycles. The van der Waals surface area contributed by atoms with Crippen molar-refractivity contribution in [2.24, 2.45) is 0 Å². The maximum Gasteiger partial charge on any atom is 2.00 e. The molecule has 0 aliphatic heterocycles. The normalized spacial score (nSPS) is 8.96. The molecule has 0 amide bonds. The van der Waals surface area contributed by atoms with E-state index in [0.717, 1.165) is 23.3 Å². The van der Waals surface area contributed by atoms with Gasteiger partial charge in [-0.3, -0.25) is 0 Å². The first-order valence-electron chi connectivity index (χ1n) is 6.46. The van der Waals surface area contributed by atoms with Crippen LogP contribution in [-0.2, 0) is 47.8 Å². The van der Waals surface area contributed by atoms with Crippen LogP contribution >= 0.6 is 0 Å². The van der Waals surface area contributed by atoms with Gasteiger partial charge in [0.15, 0.2) is 0 Å². The van der Waals surface area contributed by atoms with Crippen LogP contribution in [0.3, 0.4) is 0 Å². The van der Waals surface area contributed by atoms with E-state index in [1.807, 2.05) is 60.7 Å². The summed E-state index contributed by atoms with van der Waals surface area (Å²) in [5, 5.41) is 19.9. The van der Waals surface area contributed by atoms with Crippen LogP contribution < -0.4 is 10.2 Å². The van der Waals surface area contributed by atoms with Crippen LogP contribution in [-0.4, -0.2) is 11.9 Å². The van der Waals surface area contributed by atoms with Gasteiger partial charge in [-0.25, -0.2) is 0 Å². The second kappa shape index (κ2) is 16.6. The smallest absolute Gasteiger partial charge is 0.545 e. The molecule has 6 nitrogen and oxygen atoms in total. The van der Waals surface area contributed by atoms with Crippen molar-refractivity contribution in [1.82, 2.24) is 0 Å². The molecule has 0 fully saturated rings. The molecule has 7 heteroatoms. The fourth-order valence-corrected chi connectivity index (χ4v) is 1.46. The van der Waals surface area contributed by atoms with Crippen molar-refractivity contribution in [3.63, 3.8) is 0 Å². The topological polar surface area (TPSA) is 146 Å². The summed E-state index contributed by atoms with van der Waals surface area (Å²) in [7, 11) is 0. The van der Waals surface area contributed by atoms with Gasteiger partial charge in [-0.1, -0.05) is 72.8 Å². The number of carboxylic acids is 2. The van der Waals surface area contributed by atoms with E-state index in [0.29, 0.717) is 0 Å². The minimum Gasteiger partial charge on any atom is -0.545 e. The van der Waals surface area contributed by atoms with Gasteiger partial charge < -0.3 is 30.8 Å². The molecular weight excluding hydrogens is 425 g/mol. The molecule has 0 spiro atoms. The number of carbonyl (C=O) groups is 2. The van der Waals surface area contributed by atoms with E-state index in [1.54, 1.807) is 0 Å². The average molecular weight is 445 g/mol. The number of aliphatic carboxylic acids is 2. The van der Waals surface area contributed by atoms with Crippen molar-refractivity contribution < 1.29 is 58.1 Å². The van der Waals surface area contributed by atoms with Gasteiger partial charge in [0.1, 0.15) is 0 Å². The SMILES string of the molecule is O=C([O-])/C=C/c1ccccc1.O=C([O-])/C=C/c1ccccc1.[Cd+2].[OH3+].[OH3+]. The zero-order valence-electron chi connectivity index (χ0n) is 13.6. The number of carboxylic acid groups (broad SMARTS) is 2. The fourth-order valence-electron chi connectivity index (χ4n) is 1.46. The minimum atomic E-state index is -1.17. The van der Waals surface area contributed by atoms with Crippen LogP contribution in [0.5, 0.6) is 0 Å². The van der Waals surface area contributed by atoms with Crippen molar-refractivity contribution >= 4 is 24.1 Å². The Morgan fingerprint density at radius 2 is 0.920 bits per heavy atom. The number of rotatable bonds is 4. The van der Waals surface area contributed by atoms with Crippen molar-refractivity contribution in [2.75, 3.05) is 0 Å². The Kier molecular flexibility index (Phi) is 18.2. The summed E-state index contributed by atoms with van der Waals surface area (Å²) in [4.78, 5) is 19.9. The maximum absolute atomic E-state index is 9.97. The number of benzene rings is 2. The van der Waals surface area contributed by atoms with Crippen LogP contribution in [0.1, 0.15) is 11.1 Å². The first-order valence-corrected chi connectivity index (χ1v) is 6.46. The summed E-state index contributed by atoms with van der Waals surface area (Å²) in [5.74, 6) is -2.34. The first kappa shape index (κ1) is 27.5. The second-order valence-electron chi connectivity index (χ2n) is 4.13. The Morgan fingerprint density at radius 1 is 0.640 bits per heavy atom. The fraction of sp³-hybridized carbons (Fsp3) is 0. The van der Waals surface area contributed by atoms with Gasteiger partial charge in [-0.15, -0.1) is 0 Å². The molecule has 0 radical (unpaired) electrons. The van der Waals surface area contributed by atoms with Crippen LogP contribution in [0.15, 0.2) is 72.8 Å². The Balaban J connectivity index is -0.000000346. The predicted octanol–water partition coefficient (Wildman–Crippen LogP) is -0.947. The van der Waals surface area contributed by atoms with Crippen molar-refractivity contribution in [1.29, 1.82) is 0 Å². The zero-order chi connectivity index (χ0) is 16.2. The first-order chi connectivity index (χ1) is 10.6. The molecule has 2 aromatic carbocycles. The summed E-state index contributed by atoms with van der Waals surface area (Å²) >= 11 is 0. The molecule has 6 N–H and O–H groups in total. The molecule has 25 heavy (non-hydrogen) atoms. The van der Waals surface area contributed by atoms with Crippen LogP contribution in [0.4, 0.5) is 0 Å². The van der Waals surface area contributed by atoms with Crippen LogP contribution in [0.2, 0.25) is 0 Å². The maximum atomic E-state index is 9.97. The molecule has 128 valence electrons. The molecule has 2 rings (SSSR count). The van der Waals surface area contributed by atoms with Crippen molar-refractivity contribution in [3.05, 3.63) is 83.9 Å². The molecule has 2 aromatic rings. The van der Waals surface area contributed by atoms with Gasteiger partial charge in [-0.2, -0.15) is 0 Å². The van der Waals surface area contributed by atoms with Crippen molar-refractivity contribution in [2.45, 2.75) is 0 Å². The van der Waals surface area contributed by atoms with Gasteiger partial charge in [0.05, 0.1) is 11.9 Å². The van der Waals surface area contributed by atoms with E-state index in [2.05, 4.69) is 0 Å². The third kappa shape index (κ3) is 15.0.